The Balaban J connectivity index is 1.44. The summed E-state index contributed by atoms with van der Waals surface area (Å²) in [6, 6.07) is 12.0. The molecule has 0 atom stereocenters. The zero-order chi connectivity index (χ0) is 19.7. The first-order valence-corrected chi connectivity index (χ1v) is 9.24. The number of benzene rings is 1. The molecule has 1 aromatic carbocycles. The molecule has 0 radical (unpaired) electrons. The van der Waals surface area contributed by atoms with Gasteiger partial charge in [0.2, 0.25) is 5.95 Å². The van der Waals surface area contributed by atoms with Gasteiger partial charge < -0.3 is 10.6 Å². The van der Waals surface area contributed by atoms with Gasteiger partial charge in [-0.25, -0.2) is 9.67 Å². The molecule has 0 aliphatic carbocycles. The Morgan fingerprint density at radius 3 is 2.64 bits per heavy atom. The van der Waals surface area contributed by atoms with E-state index in [4.69, 9.17) is 0 Å². The summed E-state index contributed by atoms with van der Waals surface area (Å²) in [4.78, 5) is 24.2. The standard InChI is InChI=1S/C20H23N7O/c1-20(2,3)27-17-14(12-23-27)18(28)26-19(25-17)22-11-10-21-16-9-8-13-6-4-5-7-15(13)24-16/h4-9,12H,10-11H2,1-3H3,(H,21,24)(H2,22,25,26,28). The monoisotopic (exact) mass is 377 g/mol. The Morgan fingerprint density at radius 2 is 1.82 bits per heavy atom. The van der Waals surface area contributed by atoms with E-state index < -0.39 is 0 Å². The molecule has 0 saturated heterocycles. The van der Waals surface area contributed by atoms with Crippen LogP contribution in [0.2, 0.25) is 0 Å². The van der Waals surface area contributed by atoms with Crippen LogP contribution in [0, 0.1) is 0 Å². The Morgan fingerprint density at radius 1 is 1.04 bits per heavy atom. The lowest BCUT2D eigenvalue weighted by molar-refractivity contribution is 0.366. The number of hydrogen-bond acceptors (Lipinski definition) is 6. The van der Waals surface area contributed by atoms with Crippen molar-refractivity contribution in [2.24, 2.45) is 0 Å². The summed E-state index contributed by atoms with van der Waals surface area (Å²) in [6.45, 7) is 7.28. The molecule has 0 unspecified atom stereocenters. The number of aromatic amines is 1. The maximum Gasteiger partial charge on any atom is 0.263 e. The van der Waals surface area contributed by atoms with Crippen molar-refractivity contribution in [3.05, 3.63) is 52.9 Å². The van der Waals surface area contributed by atoms with Gasteiger partial charge in [-0.3, -0.25) is 9.78 Å². The van der Waals surface area contributed by atoms with Crippen LogP contribution in [0.4, 0.5) is 11.8 Å². The van der Waals surface area contributed by atoms with Crippen molar-refractivity contribution in [2.75, 3.05) is 23.7 Å². The van der Waals surface area contributed by atoms with Gasteiger partial charge in [0.05, 0.1) is 17.3 Å². The van der Waals surface area contributed by atoms with Crippen LogP contribution in [0.3, 0.4) is 0 Å². The van der Waals surface area contributed by atoms with E-state index in [1.807, 2.05) is 57.2 Å². The van der Waals surface area contributed by atoms with Gasteiger partial charge in [-0.1, -0.05) is 18.2 Å². The van der Waals surface area contributed by atoms with Crippen LogP contribution in [-0.2, 0) is 5.54 Å². The van der Waals surface area contributed by atoms with Crippen LogP contribution in [-0.4, -0.2) is 37.8 Å². The highest BCUT2D eigenvalue weighted by molar-refractivity contribution is 5.80. The molecule has 0 saturated carbocycles. The fourth-order valence-corrected chi connectivity index (χ4v) is 3.03. The van der Waals surface area contributed by atoms with E-state index in [0.29, 0.717) is 30.1 Å². The molecular formula is C20H23N7O. The summed E-state index contributed by atoms with van der Waals surface area (Å²) < 4.78 is 1.76. The third-order valence-electron chi connectivity index (χ3n) is 4.40. The third kappa shape index (κ3) is 3.53. The van der Waals surface area contributed by atoms with E-state index in [-0.39, 0.29) is 11.1 Å². The fourth-order valence-electron chi connectivity index (χ4n) is 3.03. The highest BCUT2D eigenvalue weighted by Gasteiger charge is 2.19. The molecule has 4 aromatic rings. The van der Waals surface area contributed by atoms with Gasteiger partial charge in [0, 0.05) is 18.5 Å². The summed E-state index contributed by atoms with van der Waals surface area (Å²) in [5.74, 6) is 1.24. The average molecular weight is 377 g/mol. The Kier molecular flexibility index (Phi) is 4.46. The zero-order valence-electron chi connectivity index (χ0n) is 16.2. The average Bonchev–Trinajstić information content (AvgIpc) is 3.10. The Labute approximate surface area is 162 Å². The van der Waals surface area contributed by atoms with Crippen molar-refractivity contribution in [1.29, 1.82) is 0 Å². The molecule has 0 amide bonds. The fraction of sp³-hybridized carbons (Fsp3) is 0.300. The predicted molar refractivity (Wildman–Crippen MR) is 112 cm³/mol. The smallest absolute Gasteiger partial charge is 0.263 e. The number of nitrogens with zero attached hydrogens (tertiary/aromatic N) is 4. The molecule has 0 fully saturated rings. The van der Waals surface area contributed by atoms with Gasteiger partial charge in [0.1, 0.15) is 11.2 Å². The molecule has 0 spiro atoms. The summed E-state index contributed by atoms with van der Waals surface area (Å²) in [5, 5.41) is 12.3. The Hall–Kier alpha value is -3.42. The third-order valence-corrected chi connectivity index (χ3v) is 4.40. The second kappa shape index (κ2) is 6.95. The van der Waals surface area contributed by atoms with Gasteiger partial charge >= 0.3 is 0 Å². The SMILES string of the molecule is CC(C)(C)n1ncc2c(=O)[nH]c(NCCNc3ccc4ccccc4n3)nc21. The predicted octanol–water partition coefficient (Wildman–Crippen LogP) is 2.95. The van der Waals surface area contributed by atoms with E-state index in [9.17, 15) is 4.79 Å². The summed E-state index contributed by atoms with van der Waals surface area (Å²) >= 11 is 0. The lowest BCUT2D eigenvalue weighted by Gasteiger charge is -2.19. The van der Waals surface area contributed by atoms with Gasteiger partial charge in [0.15, 0.2) is 5.65 Å². The molecule has 3 N–H and O–H groups in total. The van der Waals surface area contributed by atoms with Gasteiger partial charge in [-0.05, 0) is 39.0 Å². The molecule has 0 aliphatic heterocycles. The highest BCUT2D eigenvalue weighted by Crippen LogP contribution is 2.18. The summed E-state index contributed by atoms with van der Waals surface area (Å²) in [5.41, 5.74) is 1.06. The first-order valence-electron chi connectivity index (χ1n) is 9.24. The summed E-state index contributed by atoms with van der Waals surface area (Å²) in [7, 11) is 0. The molecule has 28 heavy (non-hydrogen) atoms. The van der Waals surface area contributed by atoms with Crippen LogP contribution < -0.4 is 16.2 Å². The molecule has 0 aliphatic rings. The Bertz CT molecular complexity index is 1190. The zero-order valence-corrected chi connectivity index (χ0v) is 16.2. The molecule has 3 aromatic heterocycles. The van der Waals surface area contributed by atoms with Crippen LogP contribution in [0.1, 0.15) is 20.8 Å². The first kappa shape index (κ1) is 18.0. The van der Waals surface area contributed by atoms with Gasteiger partial charge in [-0.15, -0.1) is 0 Å². The second-order valence-corrected chi connectivity index (χ2v) is 7.62. The number of pyridine rings is 1. The molecule has 8 nitrogen and oxygen atoms in total. The maximum absolute atomic E-state index is 12.3. The summed E-state index contributed by atoms with van der Waals surface area (Å²) in [6.07, 6.45) is 1.56. The normalized spacial score (nSPS) is 11.8. The lowest BCUT2D eigenvalue weighted by Crippen LogP contribution is -2.24. The number of para-hydroxylation sites is 1. The number of aromatic nitrogens is 5. The number of hydrogen-bond donors (Lipinski definition) is 3. The molecular weight excluding hydrogens is 354 g/mol. The van der Waals surface area contributed by atoms with Gasteiger partial charge in [0.25, 0.3) is 5.56 Å². The highest BCUT2D eigenvalue weighted by atomic mass is 16.1. The van der Waals surface area contributed by atoms with Gasteiger partial charge in [-0.2, -0.15) is 10.1 Å². The molecule has 4 rings (SSSR count). The second-order valence-electron chi connectivity index (χ2n) is 7.62. The van der Waals surface area contributed by atoms with E-state index in [0.717, 1.165) is 16.7 Å². The molecule has 8 heteroatoms. The molecule has 0 bridgehead atoms. The van der Waals surface area contributed by atoms with Crippen molar-refractivity contribution in [3.8, 4) is 0 Å². The largest absolute Gasteiger partial charge is 0.368 e. The minimum absolute atomic E-state index is 0.202. The number of nitrogens with one attached hydrogen (secondary N) is 3. The number of fused-ring (bicyclic) bond motifs is 2. The van der Waals surface area contributed by atoms with Crippen molar-refractivity contribution in [2.45, 2.75) is 26.3 Å². The van der Waals surface area contributed by atoms with Crippen molar-refractivity contribution in [1.82, 2.24) is 24.7 Å². The van der Waals surface area contributed by atoms with Crippen molar-refractivity contribution in [3.63, 3.8) is 0 Å². The van der Waals surface area contributed by atoms with Crippen LogP contribution in [0.15, 0.2) is 47.4 Å². The quantitative estimate of drug-likeness (QED) is 0.462. The van der Waals surface area contributed by atoms with E-state index in [2.05, 4.69) is 30.7 Å². The number of anilines is 2. The van der Waals surface area contributed by atoms with Crippen LogP contribution in [0.5, 0.6) is 0 Å². The van der Waals surface area contributed by atoms with E-state index >= 15 is 0 Å². The lowest BCUT2D eigenvalue weighted by atomic mass is 10.1. The minimum atomic E-state index is -0.261. The number of rotatable bonds is 5. The maximum atomic E-state index is 12.3. The van der Waals surface area contributed by atoms with Crippen LogP contribution in [0.25, 0.3) is 21.9 Å². The van der Waals surface area contributed by atoms with Crippen molar-refractivity contribution < 1.29 is 0 Å². The first-order chi connectivity index (χ1) is 13.4. The van der Waals surface area contributed by atoms with Crippen LogP contribution >= 0.6 is 0 Å². The van der Waals surface area contributed by atoms with Crippen molar-refractivity contribution >= 4 is 33.7 Å². The van der Waals surface area contributed by atoms with E-state index in [1.165, 1.54) is 0 Å². The topological polar surface area (TPSA) is 101 Å². The van der Waals surface area contributed by atoms with E-state index in [1.54, 1.807) is 10.9 Å². The number of H-pyrrole nitrogens is 1. The molecule has 3 heterocycles. The minimum Gasteiger partial charge on any atom is -0.368 e. The molecule has 144 valence electrons.